The van der Waals surface area contributed by atoms with E-state index in [9.17, 15) is 9.59 Å². The third-order valence-corrected chi connectivity index (χ3v) is 4.22. The Morgan fingerprint density at radius 2 is 1.81 bits per heavy atom. The van der Waals surface area contributed by atoms with Gasteiger partial charge in [0, 0.05) is 18.5 Å². The van der Waals surface area contributed by atoms with Crippen LogP contribution in [0.3, 0.4) is 0 Å². The van der Waals surface area contributed by atoms with Crippen molar-refractivity contribution in [3.8, 4) is 17.2 Å². The van der Waals surface area contributed by atoms with Crippen molar-refractivity contribution in [2.75, 3.05) is 26.9 Å². The highest BCUT2D eigenvalue weighted by atomic mass is 16.5. The fourth-order valence-corrected chi connectivity index (χ4v) is 2.80. The molecular formula is C20H21NO6. The van der Waals surface area contributed by atoms with Crippen molar-refractivity contribution in [1.29, 1.82) is 0 Å². The number of benzene rings is 2. The standard InChI is InChI=1S/C20H21NO6/c1-25-17-12-15(20(23)24)4-3-13(17)7-8-21-19(22)14-5-6-16-18(11-14)27-10-2-9-26-16/h3-6,11-12H,2,7-10H2,1H3,(H,21,22)(H,23,24). The lowest BCUT2D eigenvalue weighted by Gasteiger charge is -2.11. The Morgan fingerprint density at radius 1 is 1.07 bits per heavy atom. The van der Waals surface area contributed by atoms with Crippen molar-refractivity contribution in [2.24, 2.45) is 0 Å². The Balaban J connectivity index is 1.61. The highest BCUT2D eigenvalue weighted by Crippen LogP contribution is 2.30. The zero-order chi connectivity index (χ0) is 19.2. The second kappa shape index (κ2) is 8.44. The topological polar surface area (TPSA) is 94.1 Å². The molecule has 2 aromatic rings. The summed E-state index contributed by atoms with van der Waals surface area (Å²) < 4.78 is 16.4. The summed E-state index contributed by atoms with van der Waals surface area (Å²) in [6.45, 7) is 1.54. The monoisotopic (exact) mass is 371 g/mol. The van der Waals surface area contributed by atoms with Crippen LogP contribution < -0.4 is 19.5 Å². The van der Waals surface area contributed by atoms with Gasteiger partial charge in [-0.2, -0.15) is 0 Å². The second-order valence-electron chi connectivity index (χ2n) is 6.05. The van der Waals surface area contributed by atoms with Gasteiger partial charge in [0.15, 0.2) is 11.5 Å². The van der Waals surface area contributed by atoms with E-state index >= 15 is 0 Å². The first-order valence-corrected chi connectivity index (χ1v) is 8.66. The third kappa shape index (κ3) is 4.49. The summed E-state index contributed by atoms with van der Waals surface area (Å²) in [5, 5.41) is 11.9. The molecule has 0 atom stereocenters. The summed E-state index contributed by atoms with van der Waals surface area (Å²) in [5.74, 6) is 0.479. The molecule has 7 heteroatoms. The summed E-state index contributed by atoms with van der Waals surface area (Å²) in [6, 6.07) is 9.81. The minimum Gasteiger partial charge on any atom is -0.496 e. The Morgan fingerprint density at radius 3 is 2.56 bits per heavy atom. The predicted octanol–water partition coefficient (Wildman–Crippen LogP) is 2.53. The maximum Gasteiger partial charge on any atom is 0.335 e. The lowest BCUT2D eigenvalue weighted by atomic mass is 10.1. The van der Waals surface area contributed by atoms with Gasteiger partial charge in [0.05, 0.1) is 25.9 Å². The smallest absolute Gasteiger partial charge is 0.335 e. The molecule has 0 fully saturated rings. The summed E-state index contributed by atoms with van der Waals surface area (Å²) in [4.78, 5) is 23.4. The molecule has 0 spiro atoms. The number of aromatic carboxylic acids is 1. The number of nitrogens with one attached hydrogen (secondary N) is 1. The number of fused-ring (bicyclic) bond motifs is 1. The van der Waals surface area contributed by atoms with Crippen LogP contribution in [0.2, 0.25) is 0 Å². The van der Waals surface area contributed by atoms with E-state index in [1.165, 1.54) is 19.2 Å². The largest absolute Gasteiger partial charge is 0.496 e. The number of rotatable bonds is 6. The van der Waals surface area contributed by atoms with E-state index in [4.69, 9.17) is 19.3 Å². The van der Waals surface area contributed by atoms with Crippen molar-refractivity contribution in [2.45, 2.75) is 12.8 Å². The lowest BCUT2D eigenvalue weighted by molar-refractivity contribution is 0.0696. The van der Waals surface area contributed by atoms with Gasteiger partial charge in [-0.15, -0.1) is 0 Å². The van der Waals surface area contributed by atoms with Crippen molar-refractivity contribution in [3.05, 3.63) is 53.1 Å². The van der Waals surface area contributed by atoms with E-state index in [1.807, 2.05) is 0 Å². The Kier molecular flexibility index (Phi) is 5.80. The number of carbonyl (C=O) groups is 2. The van der Waals surface area contributed by atoms with E-state index in [-0.39, 0.29) is 11.5 Å². The molecule has 2 aromatic carbocycles. The van der Waals surface area contributed by atoms with Crippen LogP contribution in [0.5, 0.6) is 17.2 Å². The molecule has 0 bridgehead atoms. The van der Waals surface area contributed by atoms with Gasteiger partial charge in [0.25, 0.3) is 5.91 Å². The Bertz CT molecular complexity index is 848. The molecule has 2 N–H and O–H groups in total. The summed E-state index contributed by atoms with van der Waals surface area (Å²) in [7, 11) is 1.49. The molecule has 142 valence electrons. The number of hydrogen-bond acceptors (Lipinski definition) is 5. The molecule has 0 radical (unpaired) electrons. The summed E-state index contributed by atoms with van der Waals surface area (Å²) >= 11 is 0. The van der Waals surface area contributed by atoms with Gasteiger partial charge in [-0.25, -0.2) is 4.79 Å². The summed E-state index contributed by atoms with van der Waals surface area (Å²) in [5.41, 5.74) is 1.47. The fraction of sp³-hybridized carbons (Fsp3) is 0.300. The third-order valence-electron chi connectivity index (χ3n) is 4.22. The van der Waals surface area contributed by atoms with Crippen molar-refractivity contribution < 1.29 is 28.9 Å². The van der Waals surface area contributed by atoms with Crippen LogP contribution >= 0.6 is 0 Å². The maximum atomic E-state index is 12.4. The molecule has 0 saturated carbocycles. The van der Waals surface area contributed by atoms with E-state index in [0.29, 0.717) is 49.0 Å². The molecule has 1 aliphatic rings. The molecule has 0 aliphatic carbocycles. The van der Waals surface area contributed by atoms with E-state index in [0.717, 1.165) is 12.0 Å². The van der Waals surface area contributed by atoms with Crippen LogP contribution in [0.25, 0.3) is 0 Å². The SMILES string of the molecule is COc1cc(C(=O)O)ccc1CCNC(=O)c1ccc2c(c1)OCCCO2. The van der Waals surface area contributed by atoms with Crippen LogP contribution in [0.4, 0.5) is 0 Å². The Labute approximate surface area is 156 Å². The molecule has 27 heavy (non-hydrogen) atoms. The van der Waals surface area contributed by atoms with Gasteiger partial charge in [-0.3, -0.25) is 4.79 Å². The number of carboxylic acids is 1. The first kappa shape index (κ1) is 18.6. The minimum atomic E-state index is -1.01. The van der Waals surface area contributed by atoms with Crippen LogP contribution in [0.15, 0.2) is 36.4 Å². The van der Waals surface area contributed by atoms with Gasteiger partial charge in [0.2, 0.25) is 0 Å². The molecule has 0 saturated heterocycles. The van der Waals surface area contributed by atoms with Gasteiger partial charge in [0.1, 0.15) is 5.75 Å². The van der Waals surface area contributed by atoms with Gasteiger partial charge >= 0.3 is 5.97 Å². The first-order chi connectivity index (χ1) is 13.1. The Hall–Kier alpha value is -3.22. The van der Waals surface area contributed by atoms with Gasteiger partial charge in [-0.1, -0.05) is 6.07 Å². The highest BCUT2D eigenvalue weighted by molar-refractivity contribution is 5.95. The number of amides is 1. The zero-order valence-electron chi connectivity index (χ0n) is 15.0. The number of carbonyl (C=O) groups excluding carboxylic acids is 1. The maximum absolute atomic E-state index is 12.4. The quantitative estimate of drug-likeness (QED) is 0.810. The fourth-order valence-electron chi connectivity index (χ4n) is 2.80. The molecule has 1 heterocycles. The number of methoxy groups -OCH3 is 1. The van der Waals surface area contributed by atoms with Gasteiger partial charge in [-0.05, 0) is 42.3 Å². The first-order valence-electron chi connectivity index (χ1n) is 8.66. The minimum absolute atomic E-state index is 0.159. The number of hydrogen-bond donors (Lipinski definition) is 2. The molecular weight excluding hydrogens is 350 g/mol. The average Bonchev–Trinajstić information content (AvgIpc) is 2.92. The molecule has 0 unspecified atom stereocenters. The summed E-state index contributed by atoms with van der Waals surface area (Å²) in [6.07, 6.45) is 1.32. The molecule has 0 aromatic heterocycles. The van der Waals surface area contributed by atoms with Crippen molar-refractivity contribution in [3.63, 3.8) is 0 Å². The van der Waals surface area contributed by atoms with Crippen molar-refractivity contribution in [1.82, 2.24) is 5.32 Å². The normalized spacial score (nSPS) is 12.8. The van der Waals surface area contributed by atoms with Crippen LogP contribution in [0.1, 0.15) is 32.7 Å². The predicted molar refractivity (Wildman–Crippen MR) is 98.0 cm³/mol. The number of carboxylic acid groups (broad SMARTS) is 1. The second-order valence-corrected chi connectivity index (χ2v) is 6.05. The van der Waals surface area contributed by atoms with Crippen LogP contribution in [-0.4, -0.2) is 43.9 Å². The van der Waals surface area contributed by atoms with Crippen LogP contribution in [0, 0.1) is 0 Å². The van der Waals surface area contributed by atoms with E-state index in [2.05, 4.69) is 5.32 Å². The van der Waals surface area contributed by atoms with E-state index in [1.54, 1.807) is 24.3 Å². The van der Waals surface area contributed by atoms with E-state index < -0.39 is 5.97 Å². The zero-order valence-corrected chi connectivity index (χ0v) is 15.0. The average molecular weight is 371 g/mol. The van der Waals surface area contributed by atoms with Crippen molar-refractivity contribution >= 4 is 11.9 Å². The van der Waals surface area contributed by atoms with Crippen LogP contribution in [-0.2, 0) is 6.42 Å². The molecule has 7 nitrogen and oxygen atoms in total. The molecule has 1 amide bonds. The molecule has 3 rings (SSSR count). The molecule has 1 aliphatic heterocycles. The number of ether oxygens (including phenoxy) is 3. The van der Waals surface area contributed by atoms with Gasteiger partial charge < -0.3 is 24.6 Å². The lowest BCUT2D eigenvalue weighted by Crippen LogP contribution is -2.25. The highest BCUT2D eigenvalue weighted by Gasteiger charge is 2.14.